The molecule has 0 bridgehead atoms. The summed E-state index contributed by atoms with van der Waals surface area (Å²) in [7, 11) is 1.71. The number of rotatable bonds is 7. The van der Waals surface area contributed by atoms with Crippen LogP contribution in [0.1, 0.15) is 26.1 Å². The van der Waals surface area contributed by atoms with E-state index in [1.165, 1.54) is 0 Å². The third kappa shape index (κ3) is 3.52. The van der Waals surface area contributed by atoms with E-state index in [0.717, 1.165) is 29.0 Å². The standard InChI is InChI=1S/C19H25N3O2S/c1-14-17(20-11-10-19(14,2)24-13-7-12-23-3)18-21-15-8-5-6-9-16(15)22(18)25-4/h5-6,8-11,14H,7,12-13H2,1-4H3. The summed E-state index contributed by atoms with van der Waals surface area (Å²) in [5.41, 5.74) is 2.66. The third-order valence-electron chi connectivity index (χ3n) is 4.73. The van der Waals surface area contributed by atoms with Crippen molar-refractivity contribution in [3.63, 3.8) is 0 Å². The number of hydrogen-bond acceptors (Lipinski definition) is 5. The maximum Gasteiger partial charge on any atom is 0.166 e. The highest BCUT2D eigenvalue weighted by Gasteiger charge is 2.37. The van der Waals surface area contributed by atoms with Gasteiger partial charge in [-0.2, -0.15) is 0 Å². The average molecular weight is 359 g/mol. The molecule has 1 aromatic heterocycles. The highest BCUT2D eigenvalue weighted by Crippen LogP contribution is 2.32. The van der Waals surface area contributed by atoms with E-state index in [-0.39, 0.29) is 5.92 Å². The van der Waals surface area contributed by atoms with E-state index in [1.54, 1.807) is 19.1 Å². The summed E-state index contributed by atoms with van der Waals surface area (Å²) in [4.78, 5) is 9.49. The maximum atomic E-state index is 6.19. The van der Waals surface area contributed by atoms with Gasteiger partial charge in [-0.1, -0.05) is 19.1 Å². The Labute approximate surface area is 153 Å². The minimum atomic E-state index is -0.397. The van der Waals surface area contributed by atoms with Gasteiger partial charge in [-0.15, -0.1) is 0 Å². The van der Waals surface area contributed by atoms with Crippen LogP contribution in [0, 0.1) is 5.92 Å². The van der Waals surface area contributed by atoms with Crippen molar-refractivity contribution >= 4 is 28.7 Å². The summed E-state index contributed by atoms with van der Waals surface area (Å²) in [6, 6.07) is 8.18. The van der Waals surface area contributed by atoms with Crippen LogP contribution in [-0.4, -0.2) is 46.8 Å². The Morgan fingerprint density at radius 3 is 2.84 bits per heavy atom. The lowest BCUT2D eigenvalue weighted by Crippen LogP contribution is -2.42. The van der Waals surface area contributed by atoms with E-state index in [2.05, 4.69) is 35.1 Å². The molecule has 134 valence electrons. The van der Waals surface area contributed by atoms with Crippen molar-refractivity contribution in [2.75, 3.05) is 26.6 Å². The molecule has 0 N–H and O–H groups in total. The molecule has 0 fully saturated rings. The third-order valence-corrected chi connectivity index (χ3v) is 5.46. The van der Waals surface area contributed by atoms with Crippen LogP contribution in [0.5, 0.6) is 0 Å². The Morgan fingerprint density at radius 1 is 1.28 bits per heavy atom. The fraction of sp³-hybridized carbons (Fsp3) is 0.474. The van der Waals surface area contributed by atoms with E-state index in [1.807, 2.05) is 30.5 Å². The van der Waals surface area contributed by atoms with Gasteiger partial charge in [-0.25, -0.2) is 4.98 Å². The molecule has 3 rings (SSSR count). The Kier molecular flexibility index (Phi) is 5.61. The van der Waals surface area contributed by atoms with Gasteiger partial charge >= 0.3 is 0 Å². The first kappa shape index (κ1) is 18.2. The monoisotopic (exact) mass is 359 g/mol. The molecule has 0 spiro atoms. The van der Waals surface area contributed by atoms with Gasteiger partial charge in [0, 0.05) is 38.7 Å². The second-order valence-electron chi connectivity index (χ2n) is 6.33. The van der Waals surface area contributed by atoms with Crippen LogP contribution in [0.2, 0.25) is 0 Å². The summed E-state index contributed by atoms with van der Waals surface area (Å²) in [5, 5.41) is 0. The van der Waals surface area contributed by atoms with E-state index in [9.17, 15) is 0 Å². The number of aliphatic imine (C=N–C) groups is 1. The molecular formula is C19H25N3O2S. The molecule has 1 aliphatic rings. The van der Waals surface area contributed by atoms with Crippen molar-refractivity contribution in [2.45, 2.75) is 25.9 Å². The summed E-state index contributed by atoms with van der Waals surface area (Å²) in [5.74, 6) is 1.00. The molecule has 25 heavy (non-hydrogen) atoms. The lowest BCUT2D eigenvalue weighted by molar-refractivity contribution is -0.0227. The molecule has 1 aliphatic heterocycles. The Bertz CT molecular complexity index is 799. The van der Waals surface area contributed by atoms with Gasteiger partial charge in [-0.3, -0.25) is 8.96 Å². The molecule has 2 atom stereocenters. The van der Waals surface area contributed by atoms with E-state index < -0.39 is 5.60 Å². The van der Waals surface area contributed by atoms with Gasteiger partial charge in [-0.05, 0) is 43.5 Å². The number of aromatic nitrogens is 2. The average Bonchev–Trinajstić information content (AvgIpc) is 2.99. The molecule has 0 amide bonds. The number of methoxy groups -OCH3 is 1. The zero-order valence-electron chi connectivity index (χ0n) is 15.2. The van der Waals surface area contributed by atoms with Gasteiger partial charge in [0.05, 0.1) is 22.3 Å². The number of benzene rings is 1. The van der Waals surface area contributed by atoms with Crippen LogP contribution in [0.25, 0.3) is 11.0 Å². The summed E-state index contributed by atoms with van der Waals surface area (Å²) < 4.78 is 13.4. The minimum Gasteiger partial charge on any atom is -0.385 e. The highest BCUT2D eigenvalue weighted by atomic mass is 32.2. The first-order chi connectivity index (χ1) is 12.1. The van der Waals surface area contributed by atoms with Crippen molar-refractivity contribution in [1.29, 1.82) is 0 Å². The number of hydrogen-bond donors (Lipinski definition) is 0. The minimum absolute atomic E-state index is 0.0998. The molecular weight excluding hydrogens is 334 g/mol. The quantitative estimate of drug-likeness (QED) is 0.703. The zero-order chi connectivity index (χ0) is 17.9. The van der Waals surface area contributed by atoms with Crippen molar-refractivity contribution in [3.05, 3.63) is 42.4 Å². The van der Waals surface area contributed by atoms with Crippen LogP contribution in [-0.2, 0) is 9.47 Å². The van der Waals surface area contributed by atoms with Crippen LogP contribution >= 0.6 is 11.9 Å². The smallest absolute Gasteiger partial charge is 0.166 e. The van der Waals surface area contributed by atoms with E-state index in [0.29, 0.717) is 13.2 Å². The number of fused-ring (bicyclic) bond motifs is 1. The lowest BCUT2D eigenvalue weighted by atomic mass is 9.84. The van der Waals surface area contributed by atoms with E-state index in [4.69, 9.17) is 14.5 Å². The first-order valence-corrected chi connectivity index (χ1v) is 9.69. The summed E-state index contributed by atoms with van der Waals surface area (Å²) in [6.45, 7) is 5.63. The van der Waals surface area contributed by atoms with Crippen molar-refractivity contribution in [1.82, 2.24) is 8.96 Å². The van der Waals surface area contributed by atoms with Crippen molar-refractivity contribution < 1.29 is 9.47 Å². The molecule has 2 heterocycles. The van der Waals surface area contributed by atoms with Gasteiger partial charge < -0.3 is 9.47 Å². The second-order valence-corrected chi connectivity index (χ2v) is 7.06. The maximum absolute atomic E-state index is 6.19. The van der Waals surface area contributed by atoms with Crippen LogP contribution < -0.4 is 0 Å². The summed E-state index contributed by atoms with van der Waals surface area (Å²) >= 11 is 1.64. The molecule has 6 heteroatoms. The zero-order valence-corrected chi connectivity index (χ0v) is 16.0. The summed E-state index contributed by atoms with van der Waals surface area (Å²) in [6.07, 6.45) is 6.82. The van der Waals surface area contributed by atoms with E-state index >= 15 is 0 Å². The van der Waals surface area contributed by atoms with Gasteiger partial charge in [0.15, 0.2) is 5.82 Å². The van der Waals surface area contributed by atoms with Crippen molar-refractivity contribution in [3.8, 4) is 0 Å². The Morgan fingerprint density at radius 2 is 2.08 bits per heavy atom. The van der Waals surface area contributed by atoms with Crippen LogP contribution in [0.15, 0.2) is 41.5 Å². The number of nitrogens with zero attached hydrogens (tertiary/aromatic N) is 3. The second kappa shape index (κ2) is 7.72. The van der Waals surface area contributed by atoms with Gasteiger partial charge in [0.25, 0.3) is 0 Å². The largest absolute Gasteiger partial charge is 0.385 e. The molecule has 0 radical (unpaired) electrons. The topological polar surface area (TPSA) is 48.6 Å². The SMILES string of the molecule is COCCCOC1(C)C=CN=C(c2nc3ccccc3n2SC)C1C. The molecule has 5 nitrogen and oxygen atoms in total. The fourth-order valence-electron chi connectivity index (χ4n) is 3.06. The van der Waals surface area contributed by atoms with Gasteiger partial charge in [0.1, 0.15) is 0 Å². The normalized spacial score (nSPS) is 23.2. The first-order valence-electron chi connectivity index (χ1n) is 8.51. The van der Waals surface area contributed by atoms with Crippen LogP contribution in [0.3, 0.4) is 0 Å². The Hall–Kier alpha value is -1.63. The molecule has 1 aromatic carbocycles. The number of para-hydroxylation sites is 2. The number of imidazole rings is 1. The highest BCUT2D eigenvalue weighted by molar-refractivity contribution is 7.97. The molecule has 0 saturated carbocycles. The van der Waals surface area contributed by atoms with Crippen molar-refractivity contribution in [2.24, 2.45) is 10.9 Å². The molecule has 0 aliphatic carbocycles. The van der Waals surface area contributed by atoms with Crippen LogP contribution in [0.4, 0.5) is 0 Å². The Balaban J connectivity index is 1.90. The lowest BCUT2D eigenvalue weighted by Gasteiger charge is -2.35. The predicted molar refractivity (Wildman–Crippen MR) is 104 cm³/mol. The fourth-order valence-corrected chi connectivity index (χ4v) is 3.72. The number of ether oxygens (including phenoxy) is 2. The molecule has 2 unspecified atom stereocenters. The molecule has 0 saturated heterocycles. The predicted octanol–water partition coefficient (Wildman–Crippen LogP) is 3.93. The molecule has 2 aromatic rings. The van der Waals surface area contributed by atoms with Gasteiger partial charge in [0.2, 0.25) is 0 Å².